The Kier molecular flexibility index (Phi) is 2.86. The number of benzene rings is 2. The molecule has 3 N–H and O–H groups in total. The highest BCUT2D eigenvalue weighted by atomic mass is 16.4. The zero-order valence-corrected chi connectivity index (χ0v) is 11.2. The van der Waals surface area contributed by atoms with Crippen molar-refractivity contribution in [1.29, 1.82) is 0 Å². The average molecular weight is 268 g/mol. The summed E-state index contributed by atoms with van der Waals surface area (Å²) in [6.45, 7) is 2.10. The van der Waals surface area contributed by atoms with Crippen LogP contribution in [0.25, 0.3) is 0 Å². The van der Waals surface area contributed by atoms with Gasteiger partial charge in [0.1, 0.15) is 0 Å². The van der Waals surface area contributed by atoms with Crippen molar-refractivity contribution in [1.82, 2.24) is 0 Å². The Hall–Kier alpha value is -2.49. The number of aromatic carboxylic acids is 1. The number of carboxylic acid groups (broad SMARTS) is 1. The van der Waals surface area contributed by atoms with Gasteiger partial charge in [0, 0.05) is 17.4 Å². The summed E-state index contributed by atoms with van der Waals surface area (Å²) in [5.74, 6) is -0.955. The fourth-order valence-corrected chi connectivity index (χ4v) is 2.87. The maximum absolute atomic E-state index is 11.5. The summed E-state index contributed by atoms with van der Waals surface area (Å²) < 4.78 is 0. The van der Waals surface area contributed by atoms with E-state index in [1.54, 1.807) is 12.1 Å². The van der Waals surface area contributed by atoms with E-state index in [2.05, 4.69) is 17.9 Å². The van der Waals surface area contributed by atoms with Gasteiger partial charge in [-0.3, -0.25) is 0 Å². The second kappa shape index (κ2) is 4.56. The number of nitrogens with two attached hydrogens (primary N) is 1. The lowest BCUT2D eigenvalue weighted by molar-refractivity contribution is 0.0697. The van der Waals surface area contributed by atoms with Crippen LogP contribution in [-0.2, 0) is 6.42 Å². The van der Waals surface area contributed by atoms with E-state index in [-0.39, 0.29) is 11.6 Å². The average Bonchev–Trinajstić information content (AvgIpc) is 2.74. The third-order valence-electron chi connectivity index (χ3n) is 3.72. The Morgan fingerprint density at radius 3 is 2.75 bits per heavy atom. The van der Waals surface area contributed by atoms with Crippen LogP contribution in [0.15, 0.2) is 42.5 Å². The molecular formula is C16H16N2O2. The van der Waals surface area contributed by atoms with Crippen molar-refractivity contribution in [3.05, 3.63) is 53.6 Å². The maximum atomic E-state index is 11.5. The number of hydrogen-bond acceptors (Lipinski definition) is 3. The minimum atomic E-state index is -0.955. The molecule has 0 saturated carbocycles. The number of para-hydroxylation sites is 1. The molecule has 4 nitrogen and oxygen atoms in total. The summed E-state index contributed by atoms with van der Waals surface area (Å²) in [5.41, 5.74) is 9.44. The highest BCUT2D eigenvalue weighted by Crippen LogP contribution is 2.40. The lowest BCUT2D eigenvalue weighted by Gasteiger charge is -2.26. The lowest BCUT2D eigenvalue weighted by Crippen LogP contribution is -2.25. The van der Waals surface area contributed by atoms with E-state index in [4.69, 9.17) is 5.73 Å². The van der Waals surface area contributed by atoms with Crippen LogP contribution in [0.5, 0.6) is 0 Å². The van der Waals surface area contributed by atoms with Gasteiger partial charge in [-0.15, -0.1) is 0 Å². The molecule has 0 amide bonds. The Balaban J connectivity index is 2.17. The number of nitrogens with zero attached hydrogens (tertiary/aromatic N) is 1. The molecule has 1 aliphatic heterocycles. The number of carbonyl (C=O) groups is 1. The summed E-state index contributed by atoms with van der Waals surface area (Å²) in [4.78, 5) is 13.5. The number of rotatable bonds is 2. The first kappa shape index (κ1) is 12.5. The van der Waals surface area contributed by atoms with Gasteiger partial charge in [-0.2, -0.15) is 0 Å². The minimum Gasteiger partial charge on any atom is -0.478 e. The van der Waals surface area contributed by atoms with Crippen LogP contribution in [-0.4, -0.2) is 17.1 Å². The van der Waals surface area contributed by atoms with Crippen molar-refractivity contribution in [3.8, 4) is 0 Å². The zero-order valence-electron chi connectivity index (χ0n) is 11.2. The van der Waals surface area contributed by atoms with Crippen LogP contribution >= 0.6 is 0 Å². The highest BCUT2D eigenvalue weighted by Gasteiger charge is 2.29. The van der Waals surface area contributed by atoms with E-state index in [1.165, 1.54) is 11.6 Å². The number of nitrogen functional groups attached to an aromatic ring is 1. The quantitative estimate of drug-likeness (QED) is 0.821. The van der Waals surface area contributed by atoms with E-state index < -0.39 is 5.97 Å². The summed E-state index contributed by atoms with van der Waals surface area (Å²) in [6.07, 6.45) is 0.916. The lowest BCUT2D eigenvalue weighted by atomic mass is 10.1. The topological polar surface area (TPSA) is 66.6 Å². The standard InChI is InChI=1S/C16H16N2O2/c1-10-8-11-4-2-3-5-14(11)18(10)15-7-6-12(17)9-13(15)16(19)20/h2-7,9-10H,8,17H2,1H3,(H,19,20). The molecule has 1 heterocycles. The monoisotopic (exact) mass is 268 g/mol. The Bertz CT molecular complexity index is 682. The molecule has 1 unspecified atom stereocenters. The normalized spacial score (nSPS) is 17.1. The summed E-state index contributed by atoms with van der Waals surface area (Å²) in [7, 11) is 0. The minimum absolute atomic E-state index is 0.231. The largest absolute Gasteiger partial charge is 0.478 e. The van der Waals surface area contributed by atoms with E-state index in [0.29, 0.717) is 11.4 Å². The molecule has 0 bridgehead atoms. The third-order valence-corrected chi connectivity index (χ3v) is 3.72. The highest BCUT2D eigenvalue weighted by molar-refractivity contribution is 5.97. The van der Waals surface area contributed by atoms with E-state index in [9.17, 15) is 9.90 Å². The van der Waals surface area contributed by atoms with Gasteiger partial charge < -0.3 is 15.7 Å². The zero-order chi connectivity index (χ0) is 14.3. The van der Waals surface area contributed by atoms with Crippen molar-refractivity contribution >= 4 is 23.0 Å². The van der Waals surface area contributed by atoms with Crippen molar-refractivity contribution in [2.45, 2.75) is 19.4 Å². The maximum Gasteiger partial charge on any atom is 0.337 e. The Morgan fingerprint density at radius 2 is 2.00 bits per heavy atom. The molecule has 3 rings (SSSR count). The van der Waals surface area contributed by atoms with Crippen LogP contribution in [0.3, 0.4) is 0 Å². The molecule has 0 fully saturated rings. The van der Waals surface area contributed by atoms with Crippen molar-refractivity contribution in [3.63, 3.8) is 0 Å². The predicted molar refractivity (Wildman–Crippen MR) is 79.6 cm³/mol. The van der Waals surface area contributed by atoms with Gasteiger partial charge >= 0.3 is 5.97 Å². The molecule has 0 spiro atoms. The second-order valence-corrected chi connectivity index (χ2v) is 5.13. The van der Waals surface area contributed by atoms with Gasteiger partial charge in [0.05, 0.1) is 11.3 Å². The van der Waals surface area contributed by atoms with Gasteiger partial charge in [-0.05, 0) is 43.2 Å². The van der Waals surface area contributed by atoms with Crippen LogP contribution in [0, 0.1) is 0 Å². The van der Waals surface area contributed by atoms with E-state index in [1.807, 2.05) is 18.2 Å². The number of hydrogen-bond donors (Lipinski definition) is 2. The van der Waals surface area contributed by atoms with Crippen molar-refractivity contribution in [2.24, 2.45) is 0 Å². The summed E-state index contributed by atoms with van der Waals surface area (Å²) >= 11 is 0. The third kappa shape index (κ3) is 1.90. The van der Waals surface area contributed by atoms with Gasteiger partial charge in [0.2, 0.25) is 0 Å². The first-order chi connectivity index (χ1) is 9.58. The molecule has 0 aromatic heterocycles. The predicted octanol–water partition coefficient (Wildman–Crippen LogP) is 3.05. The molecular weight excluding hydrogens is 252 g/mol. The molecule has 1 atom stereocenters. The smallest absolute Gasteiger partial charge is 0.337 e. The van der Waals surface area contributed by atoms with Gasteiger partial charge in [0.25, 0.3) is 0 Å². The molecule has 102 valence electrons. The van der Waals surface area contributed by atoms with Crippen molar-refractivity contribution in [2.75, 3.05) is 10.6 Å². The SMILES string of the molecule is CC1Cc2ccccc2N1c1ccc(N)cc1C(=O)O. The first-order valence-corrected chi connectivity index (χ1v) is 6.58. The number of carboxylic acids is 1. The summed E-state index contributed by atoms with van der Waals surface area (Å²) in [5, 5.41) is 9.40. The second-order valence-electron chi connectivity index (χ2n) is 5.13. The Labute approximate surface area is 117 Å². The molecule has 20 heavy (non-hydrogen) atoms. The molecule has 0 radical (unpaired) electrons. The molecule has 4 heteroatoms. The molecule has 2 aromatic rings. The first-order valence-electron chi connectivity index (χ1n) is 6.58. The van der Waals surface area contributed by atoms with E-state index in [0.717, 1.165) is 12.1 Å². The van der Waals surface area contributed by atoms with Crippen LogP contribution in [0.1, 0.15) is 22.8 Å². The molecule has 2 aromatic carbocycles. The van der Waals surface area contributed by atoms with Crippen LogP contribution in [0.4, 0.5) is 17.1 Å². The fraction of sp³-hybridized carbons (Fsp3) is 0.188. The van der Waals surface area contributed by atoms with Gasteiger partial charge in [-0.25, -0.2) is 4.79 Å². The number of anilines is 3. The fourth-order valence-electron chi connectivity index (χ4n) is 2.87. The van der Waals surface area contributed by atoms with Crippen LogP contribution in [0.2, 0.25) is 0 Å². The number of fused-ring (bicyclic) bond motifs is 1. The molecule has 1 aliphatic rings. The molecule has 0 saturated heterocycles. The van der Waals surface area contributed by atoms with Crippen molar-refractivity contribution < 1.29 is 9.90 Å². The Morgan fingerprint density at radius 1 is 1.25 bits per heavy atom. The molecule has 0 aliphatic carbocycles. The summed E-state index contributed by atoms with van der Waals surface area (Å²) in [6, 6.07) is 13.4. The van der Waals surface area contributed by atoms with E-state index >= 15 is 0 Å². The van der Waals surface area contributed by atoms with Gasteiger partial charge in [0.15, 0.2) is 0 Å². The van der Waals surface area contributed by atoms with Crippen LogP contribution < -0.4 is 10.6 Å². The van der Waals surface area contributed by atoms with Gasteiger partial charge in [-0.1, -0.05) is 18.2 Å².